The summed E-state index contributed by atoms with van der Waals surface area (Å²) in [5.41, 5.74) is 0.815. The van der Waals surface area contributed by atoms with Gasteiger partial charge in [-0.25, -0.2) is 4.39 Å². The van der Waals surface area contributed by atoms with E-state index in [2.05, 4.69) is 20.4 Å². The van der Waals surface area contributed by atoms with Crippen molar-refractivity contribution in [3.63, 3.8) is 0 Å². The molecule has 0 aliphatic heterocycles. The van der Waals surface area contributed by atoms with Crippen LogP contribution in [-0.4, -0.2) is 21.7 Å². The van der Waals surface area contributed by atoms with Gasteiger partial charge in [0.1, 0.15) is 5.82 Å². The van der Waals surface area contributed by atoms with E-state index in [0.717, 1.165) is 5.56 Å². The standard InChI is InChI=1S/C11H13FN4O/c1-8(9-4-10(12)6-13-5-9)14-3-2-11-15-7-16-17-11/h4-8,14H,2-3H2,1H3. The number of aromatic nitrogens is 3. The molecule has 1 atom stereocenters. The van der Waals surface area contributed by atoms with Gasteiger partial charge in [0.2, 0.25) is 5.89 Å². The third-order valence-electron chi connectivity index (χ3n) is 2.42. The van der Waals surface area contributed by atoms with Crippen LogP contribution in [0.15, 0.2) is 29.3 Å². The van der Waals surface area contributed by atoms with Crippen molar-refractivity contribution in [2.24, 2.45) is 0 Å². The number of pyridine rings is 1. The summed E-state index contributed by atoms with van der Waals surface area (Å²) in [6.07, 6.45) is 4.85. The second-order valence-electron chi connectivity index (χ2n) is 3.70. The summed E-state index contributed by atoms with van der Waals surface area (Å²) in [5.74, 6) is 0.259. The zero-order chi connectivity index (χ0) is 12.1. The smallest absolute Gasteiger partial charge is 0.227 e. The van der Waals surface area contributed by atoms with Crippen LogP contribution in [0.4, 0.5) is 4.39 Å². The number of rotatable bonds is 5. The Morgan fingerprint density at radius 2 is 2.35 bits per heavy atom. The van der Waals surface area contributed by atoms with Gasteiger partial charge in [-0.1, -0.05) is 5.16 Å². The first-order chi connectivity index (χ1) is 8.25. The fourth-order valence-electron chi connectivity index (χ4n) is 1.48. The third-order valence-corrected chi connectivity index (χ3v) is 2.42. The van der Waals surface area contributed by atoms with Crippen molar-refractivity contribution in [2.75, 3.05) is 6.54 Å². The average molecular weight is 236 g/mol. The summed E-state index contributed by atoms with van der Waals surface area (Å²) >= 11 is 0. The topological polar surface area (TPSA) is 63.8 Å². The summed E-state index contributed by atoms with van der Waals surface area (Å²) in [6.45, 7) is 2.63. The Labute approximate surface area is 98.1 Å². The van der Waals surface area contributed by atoms with Crippen LogP contribution in [0.2, 0.25) is 0 Å². The van der Waals surface area contributed by atoms with Gasteiger partial charge >= 0.3 is 0 Å². The first kappa shape index (κ1) is 11.7. The zero-order valence-electron chi connectivity index (χ0n) is 9.43. The molecule has 0 amide bonds. The largest absolute Gasteiger partial charge is 0.340 e. The van der Waals surface area contributed by atoms with Crippen molar-refractivity contribution in [2.45, 2.75) is 19.4 Å². The lowest BCUT2D eigenvalue weighted by Gasteiger charge is -2.12. The molecule has 2 aromatic rings. The van der Waals surface area contributed by atoms with Crippen molar-refractivity contribution in [1.29, 1.82) is 0 Å². The van der Waals surface area contributed by atoms with Crippen LogP contribution < -0.4 is 5.32 Å². The predicted octanol–water partition coefficient (Wildman–Crippen LogP) is 1.50. The minimum atomic E-state index is -0.326. The van der Waals surface area contributed by atoms with E-state index in [1.54, 1.807) is 6.20 Å². The Morgan fingerprint density at radius 1 is 1.47 bits per heavy atom. The number of nitrogens with one attached hydrogen (secondary N) is 1. The first-order valence-electron chi connectivity index (χ1n) is 5.35. The number of nitrogens with zero attached hydrogens (tertiary/aromatic N) is 3. The van der Waals surface area contributed by atoms with Gasteiger partial charge < -0.3 is 9.84 Å². The molecule has 0 aliphatic carbocycles. The van der Waals surface area contributed by atoms with E-state index in [0.29, 0.717) is 18.9 Å². The molecule has 0 spiro atoms. The maximum Gasteiger partial charge on any atom is 0.227 e. The van der Waals surface area contributed by atoms with Gasteiger partial charge in [0.15, 0.2) is 6.33 Å². The molecule has 2 heterocycles. The maximum absolute atomic E-state index is 12.9. The lowest BCUT2D eigenvalue weighted by atomic mass is 10.1. The van der Waals surface area contributed by atoms with Gasteiger partial charge in [-0.05, 0) is 18.6 Å². The quantitative estimate of drug-likeness (QED) is 0.852. The molecule has 1 unspecified atom stereocenters. The molecule has 2 aromatic heterocycles. The third kappa shape index (κ3) is 3.32. The second-order valence-corrected chi connectivity index (χ2v) is 3.70. The molecule has 0 radical (unpaired) electrons. The highest BCUT2D eigenvalue weighted by molar-refractivity contribution is 5.14. The van der Waals surface area contributed by atoms with Crippen LogP contribution in [0.25, 0.3) is 0 Å². The number of halogens is 1. The molecule has 90 valence electrons. The van der Waals surface area contributed by atoms with Crippen LogP contribution in [0.1, 0.15) is 24.4 Å². The molecular weight excluding hydrogens is 223 g/mol. The summed E-state index contributed by atoms with van der Waals surface area (Å²) in [6, 6.07) is 1.50. The molecular formula is C11H13FN4O. The predicted molar refractivity (Wildman–Crippen MR) is 58.6 cm³/mol. The molecule has 0 saturated heterocycles. The monoisotopic (exact) mass is 236 g/mol. The van der Waals surface area contributed by atoms with E-state index in [1.165, 1.54) is 18.6 Å². The van der Waals surface area contributed by atoms with Crippen LogP contribution in [0.3, 0.4) is 0 Å². The summed E-state index contributed by atoms with van der Waals surface area (Å²) < 4.78 is 17.8. The normalized spacial score (nSPS) is 12.6. The highest BCUT2D eigenvalue weighted by Crippen LogP contribution is 2.11. The van der Waals surface area contributed by atoms with Crippen LogP contribution in [0, 0.1) is 5.82 Å². The maximum atomic E-state index is 12.9. The van der Waals surface area contributed by atoms with Crippen LogP contribution in [-0.2, 0) is 6.42 Å². The van der Waals surface area contributed by atoms with Gasteiger partial charge in [0, 0.05) is 25.2 Å². The molecule has 17 heavy (non-hydrogen) atoms. The Hall–Kier alpha value is -1.82. The second kappa shape index (κ2) is 5.49. The van der Waals surface area contributed by atoms with Crippen LogP contribution >= 0.6 is 0 Å². The van der Waals surface area contributed by atoms with Gasteiger partial charge in [-0.3, -0.25) is 4.98 Å². The fourth-order valence-corrected chi connectivity index (χ4v) is 1.48. The van der Waals surface area contributed by atoms with Crippen molar-refractivity contribution in [3.05, 3.63) is 42.1 Å². The van der Waals surface area contributed by atoms with Crippen LogP contribution in [0.5, 0.6) is 0 Å². The SMILES string of the molecule is CC(NCCc1ncno1)c1cncc(F)c1. The molecule has 5 nitrogen and oxygen atoms in total. The lowest BCUT2D eigenvalue weighted by molar-refractivity contribution is 0.372. The minimum Gasteiger partial charge on any atom is -0.340 e. The highest BCUT2D eigenvalue weighted by atomic mass is 19.1. The van der Waals surface area contributed by atoms with E-state index >= 15 is 0 Å². The number of hydrogen-bond donors (Lipinski definition) is 1. The zero-order valence-corrected chi connectivity index (χ0v) is 9.43. The number of hydrogen-bond acceptors (Lipinski definition) is 5. The average Bonchev–Trinajstić information content (AvgIpc) is 2.82. The Kier molecular flexibility index (Phi) is 3.77. The Morgan fingerprint density at radius 3 is 3.06 bits per heavy atom. The van der Waals surface area contributed by atoms with Gasteiger partial charge in [-0.2, -0.15) is 4.98 Å². The van der Waals surface area contributed by atoms with E-state index in [1.807, 2.05) is 6.92 Å². The van der Waals surface area contributed by atoms with Crippen molar-refractivity contribution in [1.82, 2.24) is 20.4 Å². The van der Waals surface area contributed by atoms with Gasteiger partial charge in [0.05, 0.1) is 6.20 Å². The fraction of sp³-hybridized carbons (Fsp3) is 0.364. The molecule has 0 bridgehead atoms. The summed E-state index contributed by atoms with van der Waals surface area (Å²) in [5, 5.41) is 6.75. The van der Waals surface area contributed by atoms with Crippen molar-refractivity contribution >= 4 is 0 Å². The van der Waals surface area contributed by atoms with Gasteiger partial charge in [-0.15, -0.1) is 0 Å². The molecule has 0 aromatic carbocycles. The Balaban J connectivity index is 1.83. The minimum absolute atomic E-state index is 0.0288. The Bertz CT molecular complexity index is 460. The molecule has 6 heteroatoms. The molecule has 0 fully saturated rings. The first-order valence-corrected chi connectivity index (χ1v) is 5.35. The molecule has 2 rings (SSSR count). The van der Waals surface area contributed by atoms with Gasteiger partial charge in [0.25, 0.3) is 0 Å². The molecule has 1 N–H and O–H groups in total. The van der Waals surface area contributed by atoms with E-state index in [9.17, 15) is 4.39 Å². The van der Waals surface area contributed by atoms with E-state index < -0.39 is 0 Å². The summed E-state index contributed by atoms with van der Waals surface area (Å²) in [4.78, 5) is 7.72. The molecule has 0 aliphatic rings. The molecule has 0 saturated carbocycles. The van der Waals surface area contributed by atoms with E-state index in [4.69, 9.17) is 4.52 Å². The summed E-state index contributed by atoms with van der Waals surface area (Å²) in [7, 11) is 0. The lowest BCUT2D eigenvalue weighted by Crippen LogP contribution is -2.21. The van der Waals surface area contributed by atoms with E-state index in [-0.39, 0.29) is 11.9 Å². The highest BCUT2D eigenvalue weighted by Gasteiger charge is 2.07. The van der Waals surface area contributed by atoms with Crippen molar-refractivity contribution in [3.8, 4) is 0 Å². The van der Waals surface area contributed by atoms with Crippen molar-refractivity contribution < 1.29 is 8.91 Å².